The zero-order chi connectivity index (χ0) is 47.0. The Morgan fingerprint density at radius 1 is 0.794 bits per heavy atom. The molecule has 0 bridgehead atoms. The molecule has 0 saturated carbocycles. The number of fused-ring (bicyclic) bond motifs is 1. The lowest BCUT2D eigenvalue weighted by molar-refractivity contribution is -0.384. The average molecular weight is 939 g/mol. The Bertz CT molecular complexity index is 2890. The Labute approximate surface area is 400 Å². The lowest BCUT2D eigenvalue weighted by Gasteiger charge is -2.49. The van der Waals surface area contributed by atoms with Gasteiger partial charge in [0.2, 0.25) is 0 Å². The highest BCUT2D eigenvalue weighted by Crippen LogP contribution is 2.43. The molecule has 9 rings (SSSR count). The third-order valence-corrected chi connectivity index (χ3v) is 13.6. The summed E-state index contributed by atoms with van der Waals surface area (Å²) in [6, 6.07) is 53.7. The number of nitrogens with zero attached hydrogens (tertiary/aromatic N) is 4. The summed E-state index contributed by atoms with van der Waals surface area (Å²) in [6.07, 6.45) is 2.62. The van der Waals surface area contributed by atoms with Crippen LogP contribution in [0.5, 0.6) is 0 Å². The van der Waals surface area contributed by atoms with Crippen molar-refractivity contribution < 1.29 is 28.9 Å². The van der Waals surface area contributed by atoms with E-state index in [4.69, 9.17) is 14.6 Å². The number of hydrogen-bond donors (Lipinski definition) is 2. The summed E-state index contributed by atoms with van der Waals surface area (Å²) in [7, 11) is 1.32. The first-order valence-electron chi connectivity index (χ1n) is 21.5. The molecule has 6 aromatic carbocycles. The quantitative estimate of drug-likeness (QED) is 0.0238. The molecule has 2 atom stereocenters. The molecule has 0 spiro atoms. The second-order valence-corrected chi connectivity index (χ2v) is 17.6. The molecular weight excluding hydrogens is 897 g/mol. The Balaban J connectivity index is 0.997. The molecular formula is C53H42N6O7S2. The molecule has 68 heavy (non-hydrogen) atoms. The first-order valence-corrected chi connectivity index (χ1v) is 23.4. The van der Waals surface area contributed by atoms with Crippen molar-refractivity contribution in [1.29, 1.82) is 0 Å². The van der Waals surface area contributed by atoms with Crippen LogP contribution in [0.3, 0.4) is 0 Å². The van der Waals surface area contributed by atoms with Crippen LogP contribution < -0.4 is 10.6 Å². The van der Waals surface area contributed by atoms with Crippen LogP contribution >= 0.6 is 23.1 Å². The van der Waals surface area contributed by atoms with Gasteiger partial charge in [-0.05, 0) is 51.1 Å². The molecule has 1 unspecified atom stereocenters. The highest BCUT2D eigenvalue weighted by molar-refractivity contribution is 8.00. The second-order valence-electron chi connectivity index (χ2n) is 15.7. The number of esters is 1. The number of thioether (sulfide) groups is 1. The van der Waals surface area contributed by atoms with E-state index in [1.54, 1.807) is 29.7 Å². The normalized spacial score (nSPS) is 15.9. The number of nitro groups is 1. The van der Waals surface area contributed by atoms with Crippen LogP contribution in [-0.4, -0.2) is 62.6 Å². The average Bonchev–Trinajstić information content (AvgIpc) is 3.86. The van der Waals surface area contributed by atoms with Crippen molar-refractivity contribution >= 4 is 63.5 Å². The molecule has 13 nitrogen and oxygen atoms in total. The number of non-ortho nitro benzene ring substituents is 1. The number of benzene rings is 6. The minimum Gasteiger partial charge on any atom is -0.448 e. The smallest absolute Gasteiger partial charge is 0.356 e. The third-order valence-electron chi connectivity index (χ3n) is 11.5. The fraction of sp³-hybridized carbons (Fsp3) is 0.113. The van der Waals surface area contributed by atoms with Crippen molar-refractivity contribution in [1.82, 2.24) is 15.2 Å². The minimum absolute atomic E-state index is 0.0269. The van der Waals surface area contributed by atoms with Crippen LogP contribution in [0.15, 0.2) is 204 Å². The molecule has 2 aliphatic rings. The van der Waals surface area contributed by atoms with Gasteiger partial charge in [0, 0.05) is 23.3 Å². The predicted molar refractivity (Wildman–Crippen MR) is 263 cm³/mol. The summed E-state index contributed by atoms with van der Waals surface area (Å²) >= 11 is 2.65. The van der Waals surface area contributed by atoms with Gasteiger partial charge in [-0.25, -0.2) is 9.78 Å². The number of carbonyl (C=O) groups excluding carboxylic acids is 3. The number of β-lactam (4-membered cyclic amide) rings is 1. The zero-order valence-electron chi connectivity index (χ0n) is 36.4. The summed E-state index contributed by atoms with van der Waals surface area (Å²) in [5.41, 5.74) is 4.65. The molecule has 1 fully saturated rings. The number of nitro benzene ring substituents is 1. The van der Waals surface area contributed by atoms with Gasteiger partial charge in [-0.1, -0.05) is 169 Å². The van der Waals surface area contributed by atoms with Gasteiger partial charge in [0.15, 0.2) is 16.9 Å². The van der Waals surface area contributed by atoms with Crippen molar-refractivity contribution in [3.63, 3.8) is 0 Å². The van der Waals surface area contributed by atoms with Gasteiger partial charge in [-0.3, -0.25) is 24.6 Å². The maximum Gasteiger partial charge on any atom is 0.356 e. The Morgan fingerprint density at radius 3 is 1.84 bits per heavy atom. The first-order chi connectivity index (χ1) is 33.2. The monoisotopic (exact) mass is 938 g/mol. The number of ether oxygens (including phenoxy) is 1. The highest BCUT2D eigenvalue weighted by Gasteiger charge is 2.55. The van der Waals surface area contributed by atoms with Crippen molar-refractivity contribution in [2.45, 2.75) is 23.1 Å². The molecule has 7 aromatic rings. The van der Waals surface area contributed by atoms with Gasteiger partial charge in [0.05, 0.1) is 4.92 Å². The van der Waals surface area contributed by atoms with E-state index in [0.29, 0.717) is 16.3 Å². The minimum atomic E-state index is -1.05. The number of thiazole rings is 1. The van der Waals surface area contributed by atoms with Gasteiger partial charge < -0.3 is 20.2 Å². The van der Waals surface area contributed by atoms with Crippen LogP contribution in [-0.2, 0) is 29.5 Å². The lowest BCUT2D eigenvalue weighted by atomic mass is 9.77. The van der Waals surface area contributed by atoms with Crippen molar-refractivity contribution in [3.8, 4) is 0 Å². The van der Waals surface area contributed by atoms with Crippen LogP contribution in [0.4, 0.5) is 10.8 Å². The molecule has 1 saturated heterocycles. The molecule has 15 heteroatoms. The number of aromatic nitrogens is 1. The topological polar surface area (TPSA) is 165 Å². The summed E-state index contributed by atoms with van der Waals surface area (Å²) in [6.45, 7) is 0. The van der Waals surface area contributed by atoms with Crippen LogP contribution in [0.1, 0.15) is 45.2 Å². The number of allylic oxidation sites excluding steroid dienone is 1. The third kappa shape index (κ3) is 9.17. The number of rotatable bonds is 16. The van der Waals surface area contributed by atoms with E-state index in [-0.39, 0.29) is 28.5 Å². The molecule has 3 heterocycles. The van der Waals surface area contributed by atoms with Gasteiger partial charge in [-0.2, -0.15) is 0 Å². The fourth-order valence-electron chi connectivity index (χ4n) is 8.30. The Hall–Kier alpha value is -8.14. The molecule has 338 valence electrons. The summed E-state index contributed by atoms with van der Waals surface area (Å²) < 4.78 is 6.31. The van der Waals surface area contributed by atoms with E-state index >= 15 is 0 Å². The van der Waals surface area contributed by atoms with Crippen LogP contribution in [0.25, 0.3) is 6.08 Å². The van der Waals surface area contributed by atoms with E-state index in [9.17, 15) is 24.5 Å². The maximum atomic E-state index is 14.6. The number of oxime groups is 1. The molecule has 2 N–H and O–H groups in total. The maximum absolute atomic E-state index is 14.6. The van der Waals surface area contributed by atoms with Gasteiger partial charge in [-0.15, -0.1) is 23.1 Å². The largest absolute Gasteiger partial charge is 0.448 e. The van der Waals surface area contributed by atoms with E-state index in [1.165, 1.54) is 47.2 Å². The van der Waals surface area contributed by atoms with Crippen molar-refractivity contribution in [2.24, 2.45) is 5.16 Å². The number of amides is 2. The second kappa shape index (κ2) is 20.2. The van der Waals surface area contributed by atoms with Crippen LogP contribution in [0, 0.1) is 10.1 Å². The molecule has 1 aromatic heterocycles. The highest BCUT2D eigenvalue weighted by atomic mass is 32.2. The Morgan fingerprint density at radius 2 is 1.32 bits per heavy atom. The zero-order valence-corrected chi connectivity index (χ0v) is 38.0. The summed E-state index contributed by atoms with van der Waals surface area (Å²) in [5, 5.41) is 23.5. The van der Waals surface area contributed by atoms with Crippen LogP contribution in [0.2, 0.25) is 0 Å². The Kier molecular flexibility index (Phi) is 13.4. The summed E-state index contributed by atoms with van der Waals surface area (Å²) in [4.78, 5) is 65.4. The first kappa shape index (κ1) is 45.0. The van der Waals surface area contributed by atoms with E-state index < -0.39 is 45.8 Å². The number of nitrogens with one attached hydrogen (secondary N) is 2. The van der Waals surface area contributed by atoms with Crippen molar-refractivity contribution in [3.05, 3.63) is 248 Å². The SMILES string of the molecule is CON=C(C(=O)NC1C(=O)N2C(C(=O)OC(c3ccccc3)c3ccccc3)=C(C=Cc3ccc([N+](=O)[O-])cc3)CS[C@@H]12)c1csc(NC(c2ccccc2)(c2ccccc2)c2ccccc2)n1. The number of carbonyl (C=O) groups is 3. The predicted octanol–water partition coefficient (Wildman–Crippen LogP) is 9.51. The van der Waals surface area contributed by atoms with Gasteiger partial charge >= 0.3 is 5.97 Å². The van der Waals surface area contributed by atoms with Gasteiger partial charge in [0.25, 0.3) is 17.5 Å². The summed E-state index contributed by atoms with van der Waals surface area (Å²) in [5.74, 6) is -1.71. The molecule has 2 amide bonds. The standard InChI is InChI=1S/C53H42N6O7S2/c1-65-57-44(43-34-68-52(54-43)56-53(39-21-11-4-12-22-39,40-23-13-5-14-24-40)41-25-15-6-16-26-41)48(60)55-45-49(61)58-46(38(33-67-50(45)58)30-27-35-28-31-42(32-29-35)59(63)64)51(62)66-47(36-17-7-2-8-18-36)37-19-9-3-10-20-37/h2-32,34,45,47,50H,33H2,1H3,(H,54,56)(H,55,60)/t45?,50-/m0/s1. The van der Waals surface area contributed by atoms with E-state index in [1.807, 2.05) is 115 Å². The number of anilines is 1. The van der Waals surface area contributed by atoms with Crippen molar-refractivity contribution in [2.75, 3.05) is 18.2 Å². The van der Waals surface area contributed by atoms with E-state index in [2.05, 4.69) is 52.2 Å². The van der Waals surface area contributed by atoms with Gasteiger partial charge in [0.1, 0.15) is 35.5 Å². The number of hydrogen-bond acceptors (Lipinski definition) is 12. The molecule has 0 aliphatic carbocycles. The van der Waals surface area contributed by atoms with E-state index in [0.717, 1.165) is 27.8 Å². The molecule has 2 aliphatic heterocycles. The fourth-order valence-corrected chi connectivity index (χ4v) is 10.4. The lowest BCUT2D eigenvalue weighted by Crippen LogP contribution is -2.71. The molecule has 0 radical (unpaired) electrons.